The van der Waals surface area contributed by atoms with Crippen LogP contribution >= 0.6 is 0 Å². The molecule has 0 amide bonds. The average Bonchev–Trinajstić information content (AvgIpc) is 1.92. The van der Waals surface area contributed by atoms with Gasteiger partial charge in [-0.25, -0.2) is 5.14 Å². The molecule has 0 aromatic carbocycles. The molecule has 0 saturated carbocycles. The average molecular weight is 208 g/mol. The Kier molecular flexibility index (Phi) is 2.68. The van der Waals surface area contributed by atoms with Crippen molar-refractivity contribution in [3.8, 4) is 0 Å². The van der Waals surface area contributed by atoms with Crippen LogP contribution in [0.25, 0.3) is 0 Å². The fraction of sp³-hybridized carbons (Fsp3) is 1.00. The van der Waals surface area contributed by atoms with E-state index < -0.39 is 15.7 Å². The lowest BCUT2D eigenvalue weighted by molar-refractivity contribution is -0.0551. The van der Waals surface area contributed by atoms with Crippen LogP contribution in [-0.2, 0) is 14.9 Å². The highest BCUT2D eigenvalue weighted by atomic mass is 32.2. The highest BCUT2D eigenvalue weighted by molar-refractivity contribution is 7.86. The molecule has 6 heteroatoms. The summed E-state index contributed by atoms with van der Waals surface area (Å²) in [5, 5.41) is 5.09. The molecule has 1 aliphatic heterocycles. The fourth-order valence-electron chi connectivity index (χ4n) is 1.40. The van der Waals surface area contributed by atoms with Crippen molar-refractivity contribution in [2.45, 2.75) is 32.4 Å². The first-order chi connectivity index (χ1) is 5.73. The maximum atomic E-state index is 11.2. The Labute approximate surface area is 79.0 Å². The molecule has 1 saturated heterocycles. The molecule has 1 fully saturated rings. The van der Waals surface area contributed by atoms with E-state index in [4.69, 9.17) is 9.88 Å². The minimum atomic E-state index is -3.61. The van der Waals surface area contributed by atoms with Crippen LogP contribution in [-0.4, -0.2) is 37.5 Å². The van der Waals surface area contributed by atoms with E-state index in [-0.39, 0.29) is 6.10 Å². The zero-order chi connectivity index (χ0) is 10.3. The Morgan fingerprint density at radius 3 is 2.46 bits per heavy atom. The Balaban J connectivity index is 2.91. The van der Waals surface area contributed by atoms with Crippen LogP contribution < -0.4 is 5.14 Å². The van der Waals surface area contributed by atoms with Gasteiger partial charge in [0.15, 0.2) is 0 Å². The molecular formula is C7H16N2O3S. The molecule has 5 nitrogen and oxygen atoms in total. The van der Waals surface area contributed by atoms with Crippen LogP contribution in [0.3, 0.4) is 0 Å². The third kappa shape index (κ3) is 2.40. The summed E-state index contributed by atoms with van der Waals surface area (Å²) in [4.78, 5) is 0. The quantitative estimate of drug-likeness (QED) is 0.642. The second-order valence-electron chi connectivity index (χ2n) is 4.01. The summed E-state index contributed by atoms with van der Waals surface area (Å²) in [6, 6.07) is 0. The number of nitrogens with two attached hydrogens (primary N) is 1. The monoisotopic (exact) mass is 208 g/mol. The van der Waals surface area contributed by atoms with Gasteiger partial charge in [-0.2, -0.15) is 12.7 Å². The summed E-state index contributed by atoms with van der Waals surface area (Å²) in [5.41, 5.74) is -0.542. The second-order valence-corrected chi connectivity index (χ2v) is 5.48. The van der Waals surface area contributed by atoms with Crippen molar-refractivity contribution in [1.29, 1.82) is 0 Å². The van der Waals surface area contributed by atoms with Crippen molar-refractivity contribution in [2.75, 3.05) is 13.2 Å². The molecule has 0 bridgehead atoms. The number of morpholine rings is 1. The van der Waals surface area contributed by atoms with E-state index in [0.717, 1.165) is 0 Å². The third-order valence-electron chi connectivity index (χ3n) is 2.13. The molecule has 1 heterocycles. The summed E-state index contributed by atoms with van der Waals surface area (Å²) in [6.45, 7) is 6.12. The van der Waals surface area contributed by atoms with Crippen LogP contribution in [0.4, 0.5) is 0 Å². The maximum Gasteiger partial charge on any atom is 0.277 e. The number of nitrogens with zero attached hydrogens (tertiary/aromatic N) is 1. The van der Waals surface area contributed by atoms with Gasteiger partial charge in [0.2, 0.25) is 0 Å². The zero-order valence-corrected chi connectivity index (χ0v) is 8.97. The van der Waals surface area contributed by atoms with Crippen LogP contribution in [0, 0.1) is 0 Å². The molecule has 2 N–H and O–H groups in total. The topological polar surface area (TPSA) is 72.6 Å². The zero-order valence-electron chi connectivity index (χ0n) is 8.15. The number of ether oxygens (including phenoxy) is 1. The molecule has 1 unspecified atom stereocenters. The number of rotatable bonds is 1. The molecule has 0 aliphatic carbocycles. The summed E-state index contributed by atoms with van der Waals surface area (Å²) in [6.07, 6.45) is -0.0913. The molecule has 1 aliphatic rings. The van der Waals surface area contributed by atoms with Crippen molar-refractivity contribution in [1.82, 2.24) is 4.31 Å². The summed E-state index contributed by atoms with van der Waals surface area (Å²) < 4.78 is 29.0. The van der Waals surface area contributed by atoms with E-state index >= 15 is 0 Å². The van der Waals surface area contributed by atoms with E-state index in [1.165, 1.54) is 4.31 Å². The van der Waals surface area contributed by atoms with Crippen molar-refractivity contribution >= 4 is 10.2 Å². The standard InChI is InChI=1S/C7H16N2O3S/c1-6-4-9(13(8,10)11)7(2,3)5-12-6/h6H,4-5H2,1-3H3,(H2,8,10,11). The van der Waals surface area contributed by atoms with Gasteiger partial charge in [0.05, 0.1) is 18.2 Å². The van der Waals surface area contributed by atoms with Gasteiger partial charge in [-0.1, -0.05) is 0 Å². The number of hydrogen-bond acceptors (Lipinski definition) is 3. The van der Waals surface area contributed by atoms with Gasteiger partial charge in [0.25, 0.3) is 10.2 Å². The predicted molar refractivity (Wildman–Crippen MR) is 49.3 cm³/mol. The first kappa shape index (κ1) is 10.9. The minimum Gasteiger partial charge on any atom is -0.375 e. The molecule has 0 spiro atoms. The van der Waals surface area contributed by atoms with E-state index in [1.54, 1.807) is 13.8 Å². The van der Waals surface area contributed by atoms with Gasteiger partial charge in [0, 0.05) is 6.54 Å². The van der Waals surface area contributed by atoms with Gasteiger partial charge in [0.1, 0.15) is 0 Å². The Bertz CT molecular complexity index is 286. The van der Waals surface area contributed by atoms with E-state index in [1.807, 2.05) is 6.92 Å². The highest BCUT2D eigenvalue weighted by Gasteiger charge is 2.39. The first-order valence-corrected chi connectivity index (χ1v) is 5.66. The number of hydrogen-bond donors (Lipinski definition) is 1. The molecule has 1 atom stereocenters. The molecule has 0 aromatic rings. The summed E-state index contributed by atoms with van der Waals surface area (Å²) in [7, 11) is -3.61. The second kappa shape index (κ2) is 3.20. The van der Waals surface area contributed by atoms with E-state index in [9.17, 15) is 8.42 Å². The van der Waals surface area contributed by atoms with Gasteiger partial charge in [-0.3, -0.25) is 0 Å². The smallest absolute Gasteiger partial charge is 0.277 e. The Morgan fingerprint density at radius 2 is 2.08 bits per heavy atom. The SMILES string of the molecule is CC1CN(S(N)(=O)=O)C(C)(C)CO1. The minimum absolute atomic E-state index is 0.0913. The lowest BCUT2D eigenvalue weighted by Gasteiger charge is -2.42. The first-order valence-electron chi connectivity index (χ1n) is 4.15. The van der Waals surface area contributed by atoms with Crippen LogP contribution in [0.2, 0.25) is 0 Å². The van der Waals surface area contributed by atoms with Crippen LogP contribution in [0.5, 0.6) is 0 Å². The van der Waals surface area contributed by atoms with Gasteiger partial charge in [-0.05, 0) is 20.8 Å². The third-order valence-corrected chi connectivity index (χ3v) is 3.38. The van der Waals surface area contributed by atoms with E-state index in [0.29, 0.717) is 13.2 Å². The molecule has 78 valence electrons. The van der Waals surface area contributed by atoms with Crippen LogP contribution in [0.15, 0.2) is 0 Å². The normalized spacial score (nSPS) is 30.3. The molecule has 1 rings (SSSR count). The van der Waals surface area contributed by atoms with Crippen molar-refractivity contribution < 1.29 is 13.2 Å². The lowest BCUT2D eigenvalue weighted by Crippen LogP contribution is -2.59. The fourth-order valence-corrected chi connectivity index (χ4v) is 2.56. The molecule has 0 aromatic heterocycles. The predicted octanol–water partition coefficient (Wildman–Crippen LogP) is -0.311. The Morgan fingerprint density at radius 1 is 1.54 bits per heavy atom. The highest BCUT2D eigenvalue weighted by Crippen LogP contribution is 2.23. The van der Waals surface area contributed by atoms with Gasteiger partial charge in [-0.15, -0.1) is 0 Å². The van der Waals surface area contributed by atoms with Crippen molar-refractivity contribution in [3.63, 3.8) is 0 Å². The lowest BCUT2D eigenvalue weighted by atomic mass is 10.1. The van der Waals surface area contributed by atoms with Gasteiger partial charge < -0.3 is 4.74 Å². The van der Waals surface area contributed by atoms with Gasteiger partial charge >= 0.3 is 0 Å². The maximum absolute atomic E-state index is 11.2. The van der Waals surface area contributed by atoms with E-state index in [2.05, 4.69) is 0 Å². The molecule has 0 radical (unpaired) electrons. The Hall–Kier alpha value is -0.170. The van der Waals surface area contributed by atoms with Crippen LogP contribution in [0.1, 0.15) is 20.8 Å². The molecule has 13 heavy (non-hydrogen) atoms. The van der Waals surface area contributed by atoms with Crippen molar-refractivity contribution in [3.05, 3.63) is 0 Å². The molecular weight excluding hydrogens is 192 g/mol. The summed E-state index contributed by atoms with van der Waals surface area (Å²) >= 11 is 0. The van der Waals surface area contributed by atoms with Crippen molar-refractivity contribution in [2.24, 2.45) is 5.14 Å². The summed E-state index contributed by atoms with van der Waals surface area (Å²) in [5.74, 6) is 0. The largest absolute Gasteiger partial charge is 0.375 e.